The third-order valence-electron chi connectivity index (χ3n) is 3.51. The topological polar surface area (TPSA) is 35.5 Å². The van der Waals surface area contributed by atoms with Gasteiger partial charge < -0.3 is 9.47 Å². The molecule has 0 bridgehead atoms. The van der Waals surface area contributed by atoms with Crippen LogP contribution in [0.5, 0.6) is 11.5 Å². The fourth-order valence-electron chi connectivity index (χ4n) is 2.44. The Bertz CT molecular complexity index is 634. The van der Waals surface area contributed by atoms with Crippen LogP contribution in [0.15, 0.2) is 48.5 Å². The zero-order chi connectivity index (χ0) is 13.9. The average molecular weight is 268 g/mol. The highest BCUT2D eigenvalue weighted by molar-refractivity contribution is 5.96. The summed E-state index contributed by atoms with van der Waals surface area (Å²) in [4.78, 5) is 11.6. The minimum absolute atomic E-state index is 0.0173. The first-order chi connectivity index (χ1) is 9.75. The van der Waals surface area contributed by atoms with Crippen molar-refractivity contribution in [3.63, 3.8) is 0 Å². The summed E-state index contributed by atoms with van der Waals surface area (Å²) in [6.07, 6.45) is 0. The van der Waals surface area contributed by atoms with Gasteiger partial charge in [-0.05, 0) is 25.1 Å². The molecule has 0 amide bonds. The van der Waals surface area contributed by atoms with Crippen LogP contribution in [0.2, 0.25) is 0 Å². The van der Waals surface area contributed by atoms with Gasteiger partial charge in [0.05, 0.1) is 24.7 Å². The number of benzene rings is 2. The van der Waals surface area contributed by atoms with Crippen LogP contribution in [0.1, 0.15) is 28.8 Å². The molecule has 0 aliphatic carbocycles. The van der Waals surface area contributed by atoms with Gasteiger partial charge in [-0.2, -0.15) is 0 Å². The normalized spacial score (nSPS) is 16.4. The number of rotatable bonds is 4. The predicted molar refractivity (Wildman–Crippen MR) is 76.6 cm³/mol. The van der Waals surface area contributed by atoms with E-state index in [2.05, 4.69) is 6.07 Å². The lowest BCUT2D eigenvalue weighted by atomic mass is 10.0. The minimum Gasteiger partial charge on any atom is -0.493 e. The van der Waals surface area contributed by atoms with Gasteiger partial charge in [0.2, 0.25) is 0 Å². The first kappa shape index (κ1) is 12.7. The Balaban J connectivity index is 1.74. The molecule has 1 aliphatic heterocycles. The predicted octanol–water partition coefficient (Wildman–Crippen LogP) is 3.44. The van der Waals surface area contributed by atoms with E-state index in [-0.39, 0.29) is 11.7 Å². The second-order valence-electron chi connectivity index (χ2n) is 4.91. The summed E-state index contributed by atoms with van der Waals surface area (Å²) in [7, 11) is 0. The second-order valence-corrected chi connectivity index (χ2v) is 4.91. The Morgan fingerprint density at radius 2 is 1.95 bits per heavy atom. The zero-order valence-corrected chi connectivity index (χ0v) is 11.3. The van der Waals surface area contributed by atoms with Crippen molar-refractivity contribution < 1.29 is 14.3 Å². The SMILES string of the molecule is CC(=O)c1ccccc1OCC1COc2ccccc21. The molecule has 2 aromatic rings. The highest BCUT2D eigenvalue weighted by Crippen LogP contribution is 2.34. The highest BCUT2D eigenvalue weighted by atomic mass is 16.5. The number of hydrogen-bond acceptors (Lipinski definition) is 3. The summed E-state index contributed by atoms with van der Waals surface area (Å²) in [5.41, 5.74) is 1.80. The molecule has 0 saturated carbocycles. The first-order valence-corrected chi connectivity index (χ1v) is 6.70. The van der Waals surface area contributed by atoms with Gasteiger partial charge in [-0.25, -0.2) is 0 Å². The largest absolute Gasteiger partial charge is 0.493 e. The maximum atomic E-state index is 11.6. The Hall–Kier alpha value is -2.29. The van der Waals surface area contributed by atoms with E-state index >= 15 is 0 Å². The highest BCUT2D eigenvalue weighted by Gasteiger charge is 2.24. The van der Waals surface area contributed by atoms with Crippen molar-refractivity contribution in [2.45, 2.75) is 12.8 Å². The van der Waals surface area contributed by atoms with Crippen LogP contribution >= 0.6 is 0 Å². The van der Waals surface area contributed by atoms with Crippen LogP contribution < -0.4 is 9.47 Å². The molecule has 1 unspecified atom stereocenters. The van der Waals surface area contributed by atoms with Crippen molar-refractivity contribution in [1.82, 2.24) is 0 Å². The maximum absolute atomic E-state index is 11.6. The third kappa shape index (κ3) is 2.39. The molecule has 3 rings (SSSR count). The molecule has 0 saturated heterocycles. The van der Waals surface area contributed by atoms with Crippen molar-refractivity contribution in [1.29, 1.82) is 0 Å². The standard InChI is InChI=1S/C17H16O3/c1-12(18)14-6-2-4-8-16(14)19-10-13-11-20-17-9-5-3-7-15(13)17/h2-9,13H,10-11H2,1H3. The van der Waals surface area contributed by atoms with Crippen molar-refractivity contribution in [2.75, 3.05) is 13.2 Å². The van der Waals surface area contributed by atoms with Gasteiger partial charge in [0.25, 0.3) is 0 Å². The minimum atomic E-state index is 0.0173. The number of hydrogen-bond donors (Lipinski definition) is 0. The van der Waals surface area contributed by atoms with E-state index < -0.39 is 0 Å². The fraction of sp³-hybridized carbons (Fsp3) is 0.235. The number of ketones is 1. The number of Topliss-reactive ketones (excluding diaryl/α,β-unsaturated/α-hetero) is 1. The van der Waals surface area contributed by atoms with Crippen molar-refractivity contribution in [3.05, 3.63) is 59.7 Å². The zero-order valence-electron chi connectivity index (χ0n) is 11.3. The summed E-state index contributed by atoms with van der Waals surface area (Å²) in [5.74, 6) is 1.81. The van der Waals surface area contributed by atoms with Gasteiger partial charge in [0, 0.05) is 5.56 Å². The quantitative estimate of drug-likeness (QED) is 0.797. The molecule has 1 heterocycles. The first-order valence-electron chi connectivity index (χ1n) is 6.70. The van der Waals surface area contributed by atoms with Gasteiger partial charge in [0.1, 0.15) is 11.5 Å². The molecular formula is C17H16O3. The van der Waals surface area contributed by atoms with Gasteiger partial charge in [-0.1, -0.05) is 30.3 Å². The molecule has 0 aromatic heterocycles. The number of ether oxygens (including phenoxy) is 2. The van der Waals surface area contributed by atoms with Crippen molar-refractivity contribution >= 4 is 5.78 Å². The molecular weight excluding hydrogens is 252 g/mol. The van der Waals surface area contributed by atoms with Crippen LogP contribution in [-0.4, -0.2) is 19.0 Å². The lowest BCUT2D eigenvalue weighted by Gasteiger charge is -2.13. The lowest BCUT2D eigenvalue weighted by molar-refractivity contribution is 0.101. The van der Waals surface area contributed by atoms with Gasteiger partial charge in [0.15, 0.2) is 5.78 Å². The fourth-order valence-corrected chi connectivity index (χ4v) is 2.44. The Labute approximate surface area is 118 Å². The van der Waals surface area contributed by atoms with Gasteiger partial charge in [-0.3, -0.25) is 4.79 Å². The number of carbonyl (C=O) groups is 1. The second kappa shape index (κ2) is 5.37. The van der Waals surface area contributed by atoms with E-state index in [1.807, 2.05) is 36.4 Å². The van der Waals surface area contributed by atoms with E-state index in [0.29, 0.717) is 24.5 Å². The van der Waals surface area contributed by atoms with Crippen LogP contribution in [0.4, 0.5) is 0 Å². The molecule has 2 aromatic carbocycles. The summed E-state index contributed by atoms with van der Waals surface area (Å²) in [6.45, 7) is 2.69. The maximum Gasteiger partial charge on any atom is 0.163 e. The summed E-state index contributed by atoms with van der Waals surface area (Å²) >= 11 is 0. The molecule has 20 heavy (non-hydrogen) atoms. The van der Waals surface area contributed by atoms with Crippen LogP contribution in [0.3, 0.4) is 0 Å². The van der Waals surface area contributed by atoms with Crippen molar-refractivity contribution in [2.24, 2.45) is 0 Å². The van der Waals surface area contributed by atoms with Gasteiger partial charge in [-0.15, -0.1) is 0 Å². The molecule has 0 N–H and O–H groups in total. The summed E-state index contributed by atoms with van der Waals surface area (Å²) < 4.78 is 11.5. The molecule has 1 atom stereocenters. The number of para-hydroxylation sites is 2. The Kier molecular flexibility index (Phi) is 3.42. The van der Waals surface area contributed by atoms with Crippen molar-refractivity contribution in [3.8, 4) is 11.5 Å². The monoisotopic (exact) mass is 268 g/mol. The molecule has 3 heteroatoms. The van der Waals surface area contributed by atoms with Crippen LogP contribution in [0.25, 0.3) is 0 Å². The van der Waals surface area contributed by atoms with E-state index in [1.54, 1.807) is 13.0 Å². The van der Waals surface area contributed by atoms with Crippen LogP contribution in [0, 0.1) is 0 Å². The molecule has 0 fully saturated rings. The smallest absolute Gasteiger partial charge is 0.163 e. The molecule has 0 spiro atoms. The third-order valence-corrected chi connectivity index (χ3v) is 3.51. The van der Waals surface area contributed by atoms with E-state index in [4.69, 9.17) is 9.47 Å². The van der Waals surface area contributed by atoms with E-state index in [9.17, 15) is 4.79 Å². The van der Waals surface area contributed by atoms with E-state index in [1.165, 1.54) is 5.56 Å². The van der Waals surface area contributed by atoms with E-state index in [0.717, 1.165) is 5.75 Å². The Morgan fingerprint density at radius 3 is 2.80 bits per heavy atom. The number of carbonyl (C=O) groups excluding carboxylic acids is 1. The van der Waals surface area contributed by atoms with Gasteiger partial charge >= 0.3 is 0 Å². The average Bonchev–Trinajstić information content (AvgIpc) is 2.88. The molecule has 1 aliphatic rings. The number of fused-ring (bicyclic) bond motifs is 1. The Morgan fingerprint density at radius 1 is 1.20 bits per heavy atom. The lowest BCUT2D eigenvalue weighted by Crippen LogP contribution is -2.13. The molecule has 0 radical (unpaired) electrons. The molecule has 102 valence electrons. The van der Waals surface area contributed by atoms with Crippen LogP contribution in [-0.2, 0) is 0 Å². The summed E-state index contributed by atoms with van der Waals surface area (Å²) in [6, 6.07) is 15.3. The molecule has 3 nitrogen and oxygen atoms in total. The summed E-state index contributed by atoms with van der Waals surface area (Å²) in [5, 5.41) is 0.